The maximum atomic E-state index is 13.2. The van der Waals surface area contributed by atoms with Crippen LogP contribution in [-0.2, 0) is 11.3 Å². The van der Waals surface area contributed by atoms with Gasteiger partial charge in [-0.2, -0.15) is 0 Å². The molecule has 0 aromatic heterocycles. The van der Waals surface area contributed by atoms with Crippen LogP contribution < -0.4 is 10.2 Å². The van der Waals surface area contributed by atoms with Gasteiger partial charge in [-0.05, 0) is 42.8 Å². The van der Waals surface area contributed by atoms with E-state index < -0.39 is 0 Å². The van der Waals surface area contributed by atoms with Gasteiger partial charge in [0.1, 0.15) is 11.6 Å². The molecule has 2 aromatic carbocycles. The topological polar surface area (TPSA) is 32.3 Å². The second-order valence-electron chi connectivity index (χ2n) is 4.90. The van der Waals surface area contributed by atoms with Crippen LogP contribution in [0.4, 0.5) is 14.5 Å². The molecular formula is C17H18F2N2O. The minimum Gasteiger partial charge on any atom is -0.362 e. The summed E-state index contributed by atoms with van der Waals surface area (Å²) in [5, 5.41) is 2.77. The molecule has 0 saturated heterocycles. The molecular weight excluding hydrogens is 286 g/mol. The first-order chi connectivity index (χ1) is 10.6. The Hall–Kier alpha value is -2.43. The van der Waals surface area contributed by atoms with Gasteiger partial charge >= 0.3 is 0 Å². The molecule has 0 radical (unpaired) electrons. The quantitative estimate of drug-likeness (QED) is 0.889. The zero-order chi connectivity index (χ0) is 15.9. The summed E-state index contributed by atoms with van der Waals surface area (Å²) in [7, 11) is 0. The summed E-state index contributed by atoms with van der Waals surface area (Å²) in [4.78, 5) is 13.8. The number of anilines is 1. The van der Waals surface area contributed by atoms with Crippen LogP contribution in [0.15, 0.2) is 48.5 Å². The molecule has 2 aromatic rings. The number of rotatable bonds is 6. The van der Waals surface area contributed by atoms with Gasteiger partial charge in [-0.25, -0.2) is 8.78 Å². The summed E-state index contributed by atoms with van der Waals surface area (Å²) >= 11 is 0. The van der Waals surface area contributed by atoms with E-state index in [9.17, 15) is 13.6 Å². The lowest BCUT2D eigenvalue weighted by Crippen LogP contribution is -2.37. The van der Waals surface area contributed by atoms with Gasteiger partial charge in [-0.3, -0.25) is 4.79 Å². The molecule has 0 atom stereocenters. The van der Waals surface area contributed by atoms with Gasteiger partial charge in [-0.15, -0.1) is 0 Å². The Bertz CT molecular complexity index is 629. The van der Waals surface area contributed by atoms with Crippen molar-refractivity contribution in [1.29, 1.82) is 0 Å². The zero-order valence-corrected chi connectivity index (χ0v) is 12.4. The van der Waals surface area contributed by atoms with E-state index in [1.165, 1.54) is 24.3 Å². The lowest BCUT2D eigenvalue weighted by molar-refractivity contribution is -0.119. The monoisotopic (exact) mass is 304 g/mol. The molecule has 0 aliphatic carbocycles. The van der Waals surface area contributed by atoms with Crippen molar-refractivity contribution in [1.82, 2.24) is 5.32 Å². The van der Waals surface area contributed by atoms with Crippen LogP contribution >= 0.6 is 0 Å². The highest BCUT2D eigenvalue weighted by atomic mass is 19.1. The van der Waals surface area contributed by atoms with Crippen molar-refractivity contribution >= 4 is 11.6 Å². The van der Waals surface area contributed by atoms with Gasteiger partial charge in [0, 0.05) is 18.8 Å². The largest absolute Gasteiger partial charge is 0.362 e. The number of carbonyl (C=O) groups is 1. The van der Waals surface area contributed by atoms with Gasteiger partial charge in [0.15, 0.2) is 0 Å². The highest BCUT2D eigenvalue weighted by Gasteiger charge is 2.10. The lowest BCUT2D eigenvalue weighted by atomic mass is 10.2. The Balaban J connectivity index is 1.90. The molecule has 1 amide bonds. The van der Waals surface area contributed by atoms with E-state index in [-0.39, 0.29) is 24.1 Å². The SMILES string of the molecule is CCN(CC(=O)NCc1ccc(F)cc1)c1cccc(F)c1. The third-order valence-corrected chi connectivity index (χ3v) is 3.29. The van der Waals surface area contributed by atoms with E-state index in [0.29, 0.717) is 18.8 Å². The van der Waals surface area contributed by atoms with Crippen LogP contribution in [0.1, 0.15) is 12.5 Å². The Morgan fingerprint density at radius 1 is 1.09 bits per heavy atom. The van der Waals surface area contributed by atoms with Crippen molar-refractivity contribution < 1.29 is 13.6 Å². The molecule has 0 bridgehead atoms. The molecule has 0 heterocycles. The zero-order valence-electron chi connectivity index (χ0n) is 12.4. The van der Waals surface area contributed by atoms with E-state index in [1.807, 2.05) is 6.92 Å². The van der Waals surface area contributed by atoms with Crippen LogP contribution in [-0.4, -0.2) is 19.0 Å². The number of amides is 1. The summed E-state index contributed by atoms with van der Waals surface area (Å²) in [6.45, 7) is 2.96. The second-order valence-corrected chi connectivity index (χ2v) is 4.90. The van der Waals surface area contributed by atoms with E-state index in [0.717, 1.165) is 5.56 Å². The van der Waals surface area contributed by atoms with Crippen LogP contribution in [0.2, 0.25) is 0 Å². The standard InChI is InChI=1S/C17H18F2N2O/c1-2-21(16-5-3-4-15(19)10-16)12-17(22)20-11-13-6-8-14(18)9-7-13/h3-10H,2,11-12H2,1H3,(H,20,22). The van der Waals surface area contributed by atoms with Gasteiger partial charge in [-0.1, -0.05) is 18.2 Å². The van der Waals surface area contributed by atoms with Gasteiger partial charge in [0.25, 0.3) is 0 Å². The maximum Gasteiger partial charge on any atom is 0.239 e. The average molecular weight is 304 g/mol. The number of likely N-dealkylation sites (N-methyl/N-ethyl adjacent to an activating group) is 1. The van der Waals surface area contributed by atoms with Crippen molar-refractivity contribution in [3.8, 4) is 0 Å². The Morgan fingerprint density at radius 2 is 1.82 bits per heavy atom. The highest BCUT2D eigenvalue weighted by Crippen LogP contribution is 2.14. The number of carbonyl (C=O) groups excluding carboxylic acids is 1. The molecule has 0 aliphatic rings. The Kier molecular flexibility index (Phi) is 5.47. The minimum atomic E-state index is -0.331. The van der Waals surface area contributed by atoms with Crippen LogP contribution in [0.25, 0.3) is 0 Å². The van der Waals surface area contributed by atoms with E-state index in [1.54, 1.807) is 29.2 Å². The smallest absolute Gasteiger partial charge is 0.239 e. The first kappa shape index (κ1) is 15.9. The number of nitrogens with one attached hydrogen (secondary N) is 1. The molecule has 0 saturated carbocycles. The molecule has 22 heavy (non-hydrogen) atoms. The molecule has 0 fully saturated rings. The van der Waals surface area contributed by atoms with Crippen LogP contribution in [0.5, 0.6) is 0 Å². The number of hydrogen-bond donors (Lipinski definition) is 1. The number of halogens is 2. The maximum absolute atomic E-state index is 13.2. The molecule has 5 heteroatoms. The van der Waals surface area contributed by atoms with Crippen molar-refractivity contribution in [2.24, 2.45) is 0 Å². The molecule has 2 rings (SSSR count). The molecule has 0 spiro atoms. The third kappa shape index (κ3) is 4.55. The number of hydrogen-bond acceptors (Lipinski definition) is 2. The fourth-order valence-electron chi connectivity index (χ4n) is 2.09. The molecule has 0 unspecified atom stereocenters. The fourth-order valence-corrected chi connectivity index (χ4v) is 2.09. The molecule has 0 aliphatic heterocycles. The molecule has 1 N–H and O–H groups in total. The van der Waals surface area contributed by atoms with Crippen molar-refractivity contribution in [3.05, 3.63) is 65.7 Å². The fraction of sp³-hybridized carbons (Fsp3) is 0.235. The number of nitrogens with zero attached hydrogens (tertiary/aromatic N) is 1. The van der Waals surface area contributed by atoms with Crippen molar-refractivity contribution in [2.45, 2.75) is 13.5 Å². The highest BCUT2D eigenvalue weighted by molar-refractivity contribution is 5.81. The van der Waals surface area contributed by atoms with E-state index >= 15 is 0 Å². The van der Waals surface area contributed by atoms with Crippen molar-refractivity contribution in [3.63, 3.8) is 0 Å². The average Bonchev–Trinajstić information content (AvgIpc) is 2.52. The number of benzene rings is 2. The summed E-state index contributed by atoms with van der Waals surface area (Å²) in [5.41, 5.74) is 1.49. The van der Waals surface area contributed by atoms with Crippen molar-refractivity contribution in [2.75, 3.05) is 18.0 Å². The van der Waals surface area contributed by atoms with Gasteiger partial charge < -0.3 is 10.2 Å². The van der Waals surface area contributed by atoms with Gasteiger partial charge in [0.2, 0.25) is 5.91 Å². The molecule has 3 nitrogen and oxygen atoms in total. The summed E-state index contributed by atoms with van der Waals surface area (Å²) in [6, 6.07) is 12.1. The Labute approximate surface area is 128 Å². The predicted molar refractivity (Wildman–Crippen MR) is 82.5 cm³/mol. The molecule has 116 valence electrons. The second kappa shape index (κ2) is 7.54. The third-order valence-electron chi connectivity index (χ3n) is 3.29. The summed E-state index contributed by atoms with van der Waals surface area (Å²) < 4.78 is 26.0. The normalized spacial score (nSPS) is 10.3. The van der Waals surface area contributed by atoms with Crippen LogP contribution in [0.3, 0.4) is 0 Å². The predicted octanol–water partition coefficient (Wildman–Crippen LogP) is 3.11. The summed E-state index contributed by atoms with van der Waals surface area (Å²) in [5.74, 6) is -0.809. The van der Waals surface area contributed by atoms with Gasteiger partial charge in [0.05, 0.1) is 6.54 Å². The summed E-state index contributed by atoms with van der Waals surface area (Å²) in [6.07, 6.45) is 0. The Morgan fingerprint density at radius 3 is 2.45 bits per heavy atom. The van der Waals surface area contributed by atoms with Crippen LogP contribution in [0, 0.1) is 11.6 Å². The minimum absolute atomic E-state index is 0.140. The first-order valence-electron chi connectivity index (χ1n) is 7.10. The lowest BCUT2D eigenvalue weighted by Gasteiger charge is -2.22. The first-order valence-corrected chi connectivity index (χ1v) is 7.10. The van der Waals surface area contributed by atoms with E-state index in [4.69, 9.17) is 0 Å². The van der Waals surface area contributed by atoms with E-state index in [2.05, 4.69) is 5.32 Å².